The number of carbonyl (C=O) groups is 5. The Morgan fingerprint density at radius 2 is 1.85 bits per heavy atom. The number of benzene rings is 1. The van der Waals surface area contributed by atoms with E-state index in [4.69, 9.17) is 14.2 Å². The zero-order chi connectivity index (χ0) is 34.5. The number of rotatable bonds is 12. The average Bonchev–Trinajstić information content (AvgIpc) is 2.98. The second-order valence-corrected chi connectivity index (χ2v) is 12.8. The molecule has 1 saturated heterocycles. The van der Waals surface area contributed by atoms with Crippen LogP contribution in [0.2, 0.25) is 0 Å². The molecule has 4 atom stereocenters. The topological polar surface area (TPSA) is 155 Å². The molecule has 0 bridgehead atoms. The van der Waals surface area contributed by atoms with Gasteiger partial charge in [-0.3, -0.25) is 24.1 Å². The fourth-order valence-corrected chi connectivity index (χ4v) is 6.28. The summed E-state index contributed by atoms with van der Waals surface area (Å²) in [7, 11) is 1.48. The quantitative estimate of drug-likeness (QED) is 0.324. The van der Waals surface area contributed by atoms with Crippen molar-refractivity contribution in [1.29, 1.82) is 0 Å². The molecule has 2 aliphatic heterocycles. The van der Waals surface area contributed by atoms with Gasteiger partial charge >= 0.3 is 12.1 Å². The van der Waals surface area contributed by atoms with Crippen LogP contribution in [0.3, 0.4) is 0 Å². The van der Waals surface area contributed by atoms with Gasteiger partial charge in [-0.2, -0.15) is 0 Å². The highest BCUT2D eigenvalue weighted by Crippen LogP contribution is 2.41. The van der Waals surface area contributed by atoms with Crippen LogP contribution in [-0.4, -0.2) is 108 Å². The molecule has 4 amide bonds. The van der Waals surface area contributed by atoms with Crippen LogP contribution in [0.1, 0.15) is 83.7 Å². The summed E-state index contributed by atoms with van der Waals surface area (Å²) in [6.07, 6.45) is -0.631. The SMILES string of the molecule is CCC(=O)NCCN1C(=O)C(C)(COC)Oc2cc(C)c(C(=O)N(C(C)C)[C@@H]3CCCN(C(=O)O)C3[C@@H](C)OC(=O)C(C)C)cc21. The summed E-state index contributed by atoms with van der Waals surface area (Å²) in [5, 5.41) is 12.9. The van der Waals surface area contributed by atoms with Crippen molar-refractivity contribution in [2.24, 2.45) is 5.92 Å². The summed E-state index contributed by atoms with van der Waals surface area (Å²) in [5.41, 5.74) is -0.0182. The van der Waals surface area contributed by atoms with Crippen molar-refractivity contribution >= 4 is 35.5 Å². The Bertz CT molecular complexity index is 1320. The van der Waals surface area contributed by atoms with Gasteiger partial charge in [0.05, 0.1) is 30.3 Å². The fraction of sp³-hybridized carbons (Fsp3) is 0.667. The number of piperidine rings is 1. The minimum Gasteiger partial charge on any atom is -0.473 e. The van der Waals surface area contributed by atoms with Crippen LogP contribution >= 0.6 is 0 Å². The summed E-state index contributed by atoms with van der Waals surface area (Å²) >= 11 is 0. The van der Waals surface area contributed by atoms with E-state index in [9.17, 15) is 29.1 Å². The molecule has 3 rings (SSSR count). The normalized spacial score (nSPS) is 21.8. The first-order valence-corrected chi connectivity index (χ1v) is 16.0. The number of ether oxygens (including phenoxy) is 3. The van der Waals surface area contributed by atoms with Gasteiger partial charge in [0, 0.05) is 44.8 Å². The summed E-state index contributed by atoms with van der Waals surface area (Å²) in [6.45, 7) is 14.5. The van der Waals surface area contributed by atoms with Gasteiger partial charge in [-0.25, -0.2) is 4.79 Å². The van der Waals surface area contributed by atoms with Gasteiger partial charge in [0.2, 0.25) is 11.5 Å². The highest BCUT2D eigenvalue weighted by Gasteiger charge is 2.47. The molecular formula is C33H50N4O9. The molecule has 2 aliphatic rings. The summed E-state index contributed by atoms with van der Waals surface area (Å²) in [6, 6.07) is 1.61. The van der Waals surface area contributed by atoms with Crippen molar-refractivity contribution in [1.82, 2.24) is 15.1 Å². The molecule has 0 spiro atoms. The van der Waals surface area contributed by atoms with Crippen molar-refractivity contribution in [3.05, 3.63) is 23.3 Å². The maximum absolute atomic E-state index is 14.6. The van der Waals surface area contributed by atoms with Crippen LogP contribution < -0.4 is 15.0 Å². The number of aryl methyl sites for hydroxylation is 1. The third-order valence-corrected chi connectivity index (χ3v) is 8.56. The van der Waals surface area contributed by atoms with E-state index < -0.39 is 41.8 Å². The lowest BCUT2D eigenvalue weighted by molar-refractivity contribution is -0.157. The first-order chi connectivity index (χ1) is 21.6. The number of nitrogens with one attached hydrogen (secondary N) is 1. The van der Waals surface area contributed by atoms with E-state index in [1.165, 1.54) is 16.9 Å². The molecule has 2 heterocycles. The number of carbonyl (C=O) groups excluding carboxylic acids is 4. The Labute approximate surface area is 271 Å². The fourth-order valence-electron chi connectivity index (χ4n) is 6.28. The molecule has 46 heavy (non-hydrogen) atoms. The Hall–Kier alpha value is -3.87. The van der Waals surface area contributed by atoms with Crippen molar-refractivity contribution in [2.75, 3.05) is 38.3 Å². The van der Waals surface area contributed by atoms with Crippen LogP contribution in [0.5, 0.6) is 5.75 Å². The predicted octanol–water partition coefficient (Wildman–Crippen LogP) is 3.60. The van der Waals surface area contributed by atoms with Gasteiger partial charge in [0.15, 0.2) is 0 Å². The molecular weight excluding hydrogens is 596 g/mol. The lowest BCUT2D eigenvalue weighted by atomic mass is 9.89. The van der Waals surface area contributed by atoms with Crippen LogP contribution in [-0.2, 0) is 23.9 Å². The number of likely N-dealkylation sites (tertiary alicyclic amines) is 1. The summed E-state index contributed by atoms with van der Waals surface area (Å²) < 4.78 is 17.2. The number of nitrogens with zero attached hydrogens (tertiary/aromatic N) is 3. The standard InChI is InChI=1S/C33H50N4O9/c1-10-27(38)34-13-15-35-25-17-23(21(6)16-26(25)46-33(8,18-44-9)31(35)41)29(39)37(20(4)5)24-12-11-14-36(32(42)43)28(24)22(7)45-30(40)19(2)3/h16-17,19-20,22,24,28H,10-15,18H2,1-9H3,(H,34,38)(H,42,43)/t22-,24-,28?,33?/m1/s1. The van der Waals surface area contributed by atoms with E-state index in [0.717, 1.165) is 0 Å². The molecule has 0 radical (unpaired) electrons. The number of anilines is 1. The monoisotopic (exact) mass is 646 g/mol. The molecule has 13 nitrogen and oxygen atoms in total. The second kappa shape index (κ2) is 15.1. The van der Waals surface area contributed by atoms with Gasteiger partial charge in [0.1, 0.15) is 11.9 Å². The Morgan fingerprint density at radius 1 is 1.17 bits per heavy atom. The lowest BCUT2D eigenvalue weighted by Gasteiger charge is -2.48. The lowest BCUT2D eigenvalue weighted by Crippen LogP contribution is -2.63. The Kier molecular flexibility index (Phi) is 12.0. The first-order valence-electron chi connectivity index (χ1n) is 16.0. The van der Waals surface area contributed by atoms with E-state index in [0.29, 0.717) is 41.8 Å². The number of methoxy groups -OCH3 is 1. The number of esters is 1. The van der Waals surface area contributed by atoms with Gasteiger partial charge in [0.25, 0.3) is 11.8 Å². The summed E-state index contributed by atoms with van der Waals surface area (Å²) in [5.74, 6) is -1.34. The van der Waals surface area contributed by atoms with Crippen molar-refractivity contribution in [3.8, 4) is 5.75 Å². The highest BCUT2D eigenvalue weighted by molar-refractivity contribution is 6.05. The molecule has 1 aromatic carbocycles. The molecule has 2 unspecified atom stereocenters. The number of amides is 4. The Morgan fingerprint density at radius 3 is 2.41 bits per heavy atom. The maximum atomic E-state index is 14.6. The van der Waals surface area contributed by atoms with E-state index >= 15 is 0 Å². The molecule has 0 aliphatic carbocycles. The maximum Gasteiger partial charge on any atom is 0.407 e. The van der Waals surface area contributed by atoms with Crippen molar-refractivity contribution < 1.29 is 43.3 Å². The van der Waals surface area contributed by atoms with Gasteiger partial charge in [-0.1, -0.05) is 20.8 Å². The third-order valence-electron chi connectivity index (χ3n) is 8.56. The average molecular weight is 647 g/mol. The van der Waals surface area contributed by atoms with Crippen LogP contribution in [0.4, 0.5) is 10.5 Å². The highest BCUT2D eigenvalue weighted by atomic mass is 16.6. The summed E-state index contributed by atoms with van der Waals surface area (Å²) in [4.78, 5) is 69.6. The molecule has 256 valence electrons. The first kappa shape index (κ1) is 36.6. The van der Waals surface area contributed by atoms with Crippen LogP contribution in [0.25, 0.3) is 0 Å². The molecule has 2 N–H and O–H groups in total. The molecule has 0 saturated carbocycles. The zero-order valence-electron chi connectivity index (χ0n) is 28.5. The van der Waals surface area contributed by atoms with E-state index in [2.05, 4.69) is 5.32 Å². The van der Waals surface area contributed by atoms with Crippen molar-refractivity contribution in [2.45, 2.75) is 104 Å². The predicted molar refractivity (Wildman–Crippen MR) is 171 cm³/mol. The van der Waals surface area contributed by atoms with Crippen LogP contribution in [0.15, 0.2) is 12.1 Å². The van der Waals surface area contributed by atoms with Crippen molar-refractivity contribution in [3.63, 3.8) is 0 Å². The third kappa shape index (κ3) is 7.73. The van der Waals surface area contributed by atoms with E-state index in [1.807, 2.05) is 13.8 Å². The van der Waals surface area contributed by atoms with Gasteiger partial charge in [-0.15, -0.1) is 0 Å². The van der Waals surface area contributed by atoms with Crippen LogP contribution in [0, 0.1) is 12.8 Å². The molecule has 1 fully saturated rings. The van der Waals surface area contributed by atoms with E-state index in [1.54, 1.807) is 58.6 Å². The zero-order valence-corrected chi connectivity index (χ0v) is 28.5. The van der Waals surface area contributed by atoms with E-state index in [-0.39, 0.29) is 50.0 Å². The van der Waals surface area contributed by atoms with Gasteiger partial charge in [-0.05, 0) is 65.2 Å². The Balaban J connectivity index is 2.08. The number of fused-ring (bicyclic) bond motifs is 1. The number of carboxylic acid groups (broad SMARTS) is 1. The molecule has 13 heteroatoms. The smallest absolute Gasteiger partial charge is 0.407 e. The number of hydrogen-bond acceptors (Lipinski definition) is 8. The largest absolute Gasteiger partial charge is 0.473 e. The van der Waals surface area contributed by atoms with Gasteiger partial charge < -0.3 is 34.4 Å². The second-order valence-electron chi connectivity index (χ2n) is 12.8. The molecule has 1 aromatic rings. The minimum absolute atomic E-state index is 0.00728. The minimum atomic E-state index is -1.32. The number of hydrogen-bond donors (Lipinski definition) is 2. The molecule has 0 aromatic heterocycles.